The first-order valence-corrected chi connectivity index (χ1v) is 4.17. The summed E-state index contributed by atoms with van der Waals surface area (Å²) in [5.41, 5.74) is 1.38. The molecule has 1 aliphatic rings. The fourth-order valence-electron chi connectivity index (χ4n) is 1.60. The van der Waals surface area contributed by atoms with Crippen molar-refractivity contribution in [1.29, 1.82) is 0 Å². The zero-order chi connectivity index (χ0) is 7.56. The molecule has 10 heavy (non-hydrogen) atoms. The van der Waals surface area contributed by atoms with Crippen LogP contribution in [0, 0.1) is 11.8 Å². The van der Waals surface area contributed by atoms with Gasteiger partial charge in [0.1, 0.15) is 0 Å². The third-order valence-electron chi connectivity index (χ3n) is 2.54. The summed E-state index contributed by atoms with van der Waals surface area (Å²) in [7, 11) is 0. The Labute approximate surface area is 64.3 Å². The van der Waals surface area contributed by atoms with Gasteiger partial charge in [-0.2, -0.15) is 0 Å². The van der Waals surface area contributed by atoms with Crippen LogP contribution in [-0.4, -0.2) is 0 Å². The van der Waals surface area contributed by atoms with Gasteiger partial charge in [-0.05, 0) is 44.4 Å². The molecule has 1 saturated carbocycles. The minimum Gasteiger partial charge on any atom is -0.0999 e. The van der Waals surface area contributed by atoms with E-state index in [-0.39, 0.29) is 0 Å². The SMILES string of the molecule is C=C(C)C1CC[C](C)CC1. The molecule has 0 aliphatic heterocycles. The Kier molecular flexibility index (Phi) is 2.53. The lowest BCUT2D eigenvalue weighted by Gasteiger charge is -2.25. The molecule has 0 spiro atoms. The Hall–Kier alpha value is -0.260. The predicted octanol–water partition coefficient (Wildman–Crippen LogP) is 3.35. The Morgan fingerprint density at radius 2 is 1.90 bits per heavy atom. The first-order valence-electron chi connectivity index (χ1n) is 4.17. The van der Waals surface area contributed by atoms with Crippen LogP contribution < -0.4 is 0 Å². The number of allylic oxidation sites excluding steroid dienone is 1. The Morgan fingerprint density at radius 3 is 2.30 bits per heavy atom. The molecule has 1 rings (SSSR count). The molecule has 1 aliphatic carbocycles. The number of hydrogen-bond acceptors (Lipinski definition) is 0. The van der Waals surface area contributed by atoms with Gasteiger partial charge in [-0.1, -0.05) is 19.1 Å². The summed E-state index contributed by atoms with van der Waals surface area (Å²) in [5, 5.41) is 0. The molecule has 0 atom stereocenters. The molecule has 0 bridgehead atoms. The summed E-state index contributed by atoms with van der Waals surface area (Å²) >= 11 is 0. The van der Waals surface area contributed by atoms with Gasteiger partial charge in [-0.25, -0.2) is 0 Å². The second kappa shape index (κ2) is 3.23. The van der Waals surface area contributed by atoms with Crippen molar-refractivity contribution in [2.45, 2.75) is 39.5 Å². The van der Waals surface area contributed by atoms with Crippen LogP contribution in [0.15, 0.2) is 12.2 Å². The first-order chi connectivity index (χ1) is 4.70. The van der Waals surface area contributed by atoms with Gasteiger partial charge in [0.2, 0.25) is 0 Å². The van der Waals surface area contributed by atoms with E-state index in [0.29, 0.717) is 0 Å². The standard InChI is InChI=1S/C10H17/c1-8(2)10-6-4-9(3)5-7-10/h10H,1,4-7H2,2-3H3. The molecule has 0 N–H and O–H groups in total. The lowest BCUT2D eigenvalue weighted by molar-refractivity contribution is 0.429. The Morgan fingerprint density at radius 1 is 1.40 bits per heavy atom. The molecule has 0 aromatic rings. The molecule has 0 saturated heterocycles. The van der Waals surface area contributed by atoms with E-state index in [4.69, 9.17) is 0 Å². The van der Waals surface area contributed by atoms with Crippen molar-refractivity contribution in [1.82, 2.24) is 0 Å². The van der Waals surface area contributed by atoms with Crippen LogP contribution in [0.25, 0.3) is 0 Å². The van der Waals surface area contributed by atoms with Crippen LogP contribution in [-0.2, 0) is 0 Å². The smallest absolute Gasteiger partial charge is 0.0208 e. The maximum absolute atomic E-state index is 3.99. The molecular weight excluding hydrogens is 120 g/mol. The highest BCUT2D eigenvalue weighted by Gasteiger charge is 2.18. The largest absolute Gasteiger partial charge is 0.0999 e. The lowest BCUT2D eigenvalue weighted by atomic mass is 9.80. The van der Waals surface area contributed by atoms with E-state index in [1.54, 1.807) is 5.92 Å². The molecule has 0 aromatic carbocycles. The number of hydrogen-bond donors (Lipinski definition) is 0. The zero-order valence-electron chi connectivity index (χ0n) is 7.11. The maximum atomic E-state index is 3.99. The summed E-state index contributed by atoms with van der Waals surface area (Å²) < 4.78 is 0. The van der Waals surface area contributed by atoms with Crippen molar-refractivity contribution in [2.75, 3.05) is 0 Å². The highest BCUT2D eigenvalue weighted by atomic mass is 14.2. The zero-order valence-corrected chi connectivity index (χ0v) is 7.11. The van der Waals surface area contributed by atoms with Crippen molar-refractivity contribution in [3.63, 3.8) is 0 Å². The van der Waals surface area contributed by atoms with Gasteiger partial charge in [0.05, 0.1) is 0 Å². The van der Waals surface area contributed by atoms with Crippen LogP contribution >= 0.6 is 0 Å². The monoisotopic (exact) mass is 137 g/mol. The van der Waals surface area contributed by atoms with Gasteiger partial charge in [0, 0.05) is 0 Å². The van der Waals surface area contributed by atoms with Crippen LogP contribution in [0.2, 0.25) is 0 Å². The molecule has 1 fully saturated rings. The van der Waals surface area contributed by atoms with Crippen molar-refractivity contribution < 1.29 is 0 Å². The second-order valence-corrected chi connectivity index (χ2v) is 3.58. The first kappa shape index (κ1) is 7.84. The van der Waals surface area contributed by atoms with Crippen LogP contribution in [0.1, 0.15) is 39.5 Å². The molecular formula is C10H17. The molecule has 0 unspecified atom stereocenters. The highest BCUT2D eigenvalue weighted by molar-refractivity contribution is 5.02. The van der Waals surface area contributed by atoms with E-state index in [1.807, 2.05) is 0 Å². The Balaban J connectivity index is 2.33. The third-order valence-corrected chi connectivity index (χ3v) is 2.54. The van der Waals surface area contributed by atoms with Crippen molar-refractivity contribution in [2.24, 2.45) is 5.92 Å². The van der Waals surface area contributed by atoms with Gasteiger partial charge in [0.25, 0.3) is 0 Å². The average Bonchev–Trinajstić information content (AvgIpc) is 1.88. The van der Waals surface area contributed by atoms with Gasteiger partial charge in [-0.3, -0.25) is 0 Å². The summed E-state index contributed by atoms with van der Waals surface area (Å²) in [6.45, 7) is 8.43. The summed E-state index contributed by atoms with van der Waals surface area (Å²) in [4.78, 5) is 0. The van der Waals surface area contributed by atoms with Crippen molar-refractivity contribution in [3.05, 3.63) is 18.1 Å². The topological polar surface area (TPSA) is 0 Å². The molecule has 0 heteroatoms. The average molecular weight is 137 g/mol. The van der Waals surface area contributed by atoms with Crippen molar-refractivity contribution >= 4 is 0 Å². The fourth-order valence-corrected chi connectivity index (χ4v) is 1.60. The predicted molar refractivity (Wildman–Crippen MR) is 45.7 cm³/mol. The second-order valence-electron chi connectivity index (χ2n) is 3.58. The van der Waals surface area contributed by atoms with Gasteiger partial charge in [-0.15, -0.1) is 0 Å². The Bertz CT molecular complexity index is 116. The normalized spacial score (nSPS) is 23.0. The lowest BCUT2D eigenvalue weighted by Crippen LogP contribution is -2.11. The van der Waals surface area contributed by atoms with E-state index >= 15 is 0 Å². The van der Waals surface area contributed by atoms with E-state index in [1.165, 1.54) is 31.3 Å². The summed E-state index contributed by atoms with van der Waals surface area (Å²) in [5.74, 6) is 2.50. The van der Waals surface area contributed by atoms with Crippen molar-refractivity contribution in [3.8, 4) is 0 Å². The molecule has 0 amide bonds. The molecule has 1 radical (unpaired) electrons. The van der Waals surface area contributed by atoms with Gasteiger partial charge < -0.3 is 0 Å². The van der Waals surface area contributed by atoms with Crippen LogP contribution in [0.5, 0.6) is 0 Å². The molecule has 0 heterocycles. The third kappa shape index (κ3) is 1.86. The molecule has 0 nitrogen and oxygen atoms in total. The van der Waals surface area contributed by atoms with Gasteiger partial charge >= 0.3 is 0 Å². The number of rotatable bonds is 1. The van der Waals surface area contributed by atoms with E-state index < -0.39 is 0 Å². The van der Waals surface area contributed by atoms with Gasteiger partial charge in [0.15, 0.2) is 0 Å². The summed E-state index contributed by atoms with van der Waals surface area (Å²) in [6, 6.07) is 0. The van der Waals surface area contributed by atoms with E-state index in [9.17, 15) is 0 Å². The molecule has 0 aromatic heterocycles. The maximum Gasteiger partial charge on any atom is -0.0208 e. The minimum absolute atomic E-state index is 0.823. The van der Waals surface area contributed by atoms with Crippen LogP contribution in [0.3, 0.4) is 0 Å². The van der Waals surface area contributed by atoms with E-state index in [0.717, 1.165) is 5.92 Å². The summed E-state index contributed by atoms with van der Waals surface area (Å²) in [6.07, 6.45) is 5.36. The highest BCUT2D eigenvalue weighted by Crippen LogP contribution is 2.32. The van der Waals surface area contributed by atoms with Crippen LogP contribution in [0.4, 0.5) is 0 Å². The quantitative estimate of drug-likeness (QED) is 0.486. The minimum atomic E-state index is 0.823. The fraction of sp³-hybridized carbons (Fsp3) is 0.700. The van der Waals surface area contributed by atoms with E-state index in [2.05, 4.69) is 20.4 Å². The molecule has 57 valence electrons.